The second-order valence-corrected chi connectivity index (χ2v) is 6.50. The van der Waals surface area contributed by atoms with E-state index in [1.54, 1.807) is 19.9 Å². The van der Waals surface area contributed by atoms with E-state index in [-0.39, 0.29) is 22.1 Å². The van der Waals surface area contributed by atoms with Crippen molar-refractivity contribution in [1.82, 2.24) is 5.16 Å². The molecule has 1 heterocycles. The van der Waals surface area contributed by atoms with Gasteiger partial charge in [0, 0.05) is 11.6 Å². The van der Waals surface area contributed by atoms with E-state index in [0.29, 0.717) is 5.69 Å². The summed E-state index contributed by atoms with van der Waals surface area (Å²) >= 11 is 0. The fourth-order valence-electron chi connectivity index (χ4n) is 1.60. The summed E-state index contributed by atoms with van der Waals surface area (Å²) in [6.45, 7) is 3.28. The van der Waals surface area contributed by atoms with E-state index >= 15 is 0 Å². The maximum Gasteiger partial charge on any atom is 0.258 e. The number of carbonyl (C=O) groups excluding carboxylic acids is 1. The summed E-state index contributed by atoms with van der Waals surface area (Å²) in [6.07, 6.45) is 0. The highest BCUT2D eigenvalue weighted by Gasteiger charge is 2.15. The summed E-state index contributed by atoms with van der Waals surface area (Å²) < 4.78 is 28.4. The fourth-order valence-corrected chi connectivity index (χ4v) is 2.53. The van der Waals surface area contributed by atoms with Crippen molar-refractivity contribution in [3.8, 4) is 0 Å². The quantitative estimate of drug-likeness (QED) is 0.932. The summed E-state index contributed by atoms with van der Waals surface area (Å²) in [5, 5.41) is 6.16. The third-order valence-corrected chi connectivity index (χ3v) is 4.43. The maximum atomic E-state index is 12.0. The van der Waals surface area contributed by atoms with Crippen LogP contribution >= 0.6 is 0 Å². The van der Waals surface area contributed by atoms with E-state index < -0.39 is 15.7 Å². The number of carbonyl (C=O) groups is 1. The van der Waals surface area contributed by atoms with Crippen LogP contribution in [0.15, 0.2) is 39.8 Å². The predicted molar refractivity (Wildman–Crippen MR) is 73.4 cm³/mol. The number of aromatic nitrogens is 1. The van der Waals surface area contributed by atoms with Crippen LogP contribution in [0, 0.1) is 6.92 Å². The van der Waals surface area contributed by atoms with Gasteiger partial charge in [0.2, 0.25) is 5.88 Å². The highest BCUT2D eigenvalue weighted by molar-refractivity contribution is 7.91. The number of nitrogens with one attached hydrogen (secondary N) is 1. The second-order valence-electron chi connectivity index (χ2n) is 4.22. The van der Waals surface area contributed by atoms with Crippen LogP contribution in [0.4, 0.5) is 5.88 Å². The van der Waals surface area contributed by atoms with Crippen LogP contribution < -0.4 is 5.32 Å². The molecule has 0 saturated heterocycles. The van der Waals surface area contributed by atoms with Gasteiger partial charge in [0.25, 0.3) is 5.91 Å². The second kappa shape index (κ2) is 5.46. The average Bonchev–Trinajstić information content (AvgIpc) is 2.84. The Morgan fingerprint density at radius 3 is 2.70 bits per heavy atom. The summed E-state index contributed by atoms with van der Waals surface area (Å²) in [6, 6.07) is 7.45. The van der Waals surface area contributed by atoms with Crippen molar-refractivity contribution in [2.24, 2.45) is 0 Å². The van der Waals surface area contributed by atoms with E-state index in [2.05, 4.69) is 10.5 Å². The maximum absolute atomic E-state index is 12.0. The third-order valence-electron chi connectivity index (χ3n) is 2.70. The zero-order valence-corrected chi connectivity index (χ0v) is 11.9. The van der Waals surface area contributed by atoms with Crippen LogP contribution in [0.5, 0.6) is 0 Å². The number of hydrogen-bond donors (Lipinski definition) is 1. The summed E-state index contributed by atoms with van der Waals surface area (Å²) in [4.78, 5) is 12.1. The highest BCUT2D eigenvalue weighted by Crippen LogP contribution is 2.15. The zero-order valence-electron chi connectivity index (χ0n) is 11.1. The lowest BCUT2D eigenvalue weighted by Gasteiger charge is -2.04. The first kappa shape index (κ1) is 14.3. The Labute approximate surface area is 116 Å². The van der Waals surface area contributed by atoms with Gasteiger partial charge in [-0.2, -0.15) is 0 Å². The standard InChI is InChI=1S/C13H14N2O4S/c1-3-20(17,18)11-6-4-5-10(8-11)13(16)14-12-7-9(2)15-19-12/h4-8H,3H2,1-2H3,(H,14,16). The number of aryl methyl sites for hydroxylation is 1. The van der Waals surface area contributed by atoms with Gasteiger partial charge in [0.1, 0.15) is 0 Å². The summed E-state index contributed by atoms with van der Waals surface area (Å²) in [5.41, 5.74) is 0.885. The first-order chi connectivity index (χ1) is 9.42. The first-order valence-electron chi connectivity index (χ1n) is 6.00. The van der Waals surface area contributed by atoms with Crippen LogP contribution in [0.25, 0.3) is 0 Å². The molecule has 1 N–H and O–H groups in total. The average molecular weight is 294 g/mol. The molecule has 7 heteroatoms. The lowest BCUT2D eigenvalue weighted by atomic mass is 10.2. The number of anilines is 1. The fraction of sp³-hybridized carbons (Fsp3) is 0.231. The Morgan fingerprint density at radius 1 is 1.35 bits per heavy atom. The topological polar surface area (TPSA) is 89.3 Å². The molecule has 0 spiro atoms. The van der Waals surface area contributed by atoms with Gasteiger partial charge in [-0.05, 0) is 25.1 Å². The smallest absolute Gasteiger partial charge is 0.258 e. The monoisotopic (exact) mass is 294 g/mol. The number of nitrogens with zero attached hydrogens (tertiary/aromatic N) is 1. The van der Waals surface area contributed by atoms with Crippen LogP contribution in [0.3, 0.4) is 0 Å². The number of amides is 1. The molecule has 0 aliphatic heterocycles. The van der Waals surface area contributed by atoms with Crippen molar-refractivity contribution in [1.29, 1.82) is 0 Å². The zero-order chi connectivity index (χ0) is 14.8. The first-order valence-corrected chi connectivity index (χ1v) is 7.65. The van der Waals surface area contributed by atoms with Crippen molar-refractivity contribution in [3.05, 3.63) is 41.6 Å². The number of hydrogen-bond acceptors (Lipinski definition) is 5. The van der Waals surface area contributed by atoms with Crippen LogP contribution in [0.2, 0.25) is 0 Å². The third kappa shape index (κ3) is 3.05. The van der Waals surface area contributed by atoms with Gasteiger partial charge >= 0.3 is 0 Å². The number of benzene rings is 1. The molecule has 1 aromatic carbocycles. The molecule has 1 amide bonds. The van der Waals surface area contributed by atoms with E-state index in [0.717, 1.165) is 0 Å². The molecule has 6 nitrogen and oxygen atoms in total. The molecule has 0 radical (unpaired) electrons. The highest BCUT2D eigenvalue weighted by atomic mass is 32.2. The molecule has 20 heavy (non-hydrogen) atoms. The molecule has 0 bridgehead atoms. The molecule has 0 unspecified atom stereocenters. The Morgan fingerprint density at radius 2 is 2.10 bits per heavy atom. The van der Waals surface area contributed by atoms with E-state index in [9.17, 15) is 13.2 Å². The van der Waals surface area contributed by atoms with Crippen LogP contribution in [-0.4, -0.2) is 25.2 Å². The van der Waals surface area contributed by atoms with Gasteiger partial charge in [-0.25, -0.2) is 8.42 Å². The van der Waals surface area contributed by atoms with E-state index in [1.165, 1.54) is 24.3 Å². The normalized spacial score (nSPS) is 11.3. The van der Waals surface area contributed by atoms with E-state index in [1.807, 2.05) is 0 Å². The Bertz CT molecular complexity index is 734. The Balaban J connectivity index is 2.25. The number of sulfone groups is 1. The lowest BCUT2D eigenvalue weighted by molar-refractivity contribution is 0.102. The minimum atomic E-state index is -3.34. The lowest BCUT2D eigenvalue weighted by Crippen LogP contribution is -2.12. The molecule has 0 aliphatic rings. The number of rotatable bonds is 4. The van der Waals surface area contributed by atoms with Gasteiger partial charge in [-0.15, -0.1) is 0 Å². The van der Waals surface area contributed by atoms with Crippen molar-refractivity contribution in [3.63, 3.8) is 0 Å². The van der Waals surface area contributed by atoms with E-state index in [4.69, 9.17) is 4.52 Å². The van der Waals surface area contributed by atoms with Gasteiger partial charge in [0.15, 0.2) is 9.84 Å². The molecule has 0 atom stereocenters. The Hall–Kier alpha value is -2.15. The Kier molecular flexibility index (Phi) is 3.89. The van der Waals surface area contributed by atoms with Crippen molar-refractivity contribution < 1.29 is 17.7 Å². The van der Waals surface area contributed by atoms with Gasteiger partial charge in [-0.3, -0.25) is 10.1 Å². The molecular formula is C13H14N2O4S. The largest absolute Gasteiger partial charge is 0.338 e. The minimum Gasteiger partial charge on any atom is -0.338 e. The van der Waals surface area contributed by atoms with Crippen LogP contribution in [-0.2, 0) is 9.84 Å². The molecule has 0 saturated carbocycles. The van der Waals surface area contributed by atoms with Crippen molar-refractivity contribution >= 4 is 21.6 Å². The van der Waals surface area contributed by atoms with Gasteiger partial charge in [0.05, 0.1) is 16.3 Å². The molecule has 0 fully saturated rings. The molecule has 2 rings (SSSR count). The predicted octanol–water partition coefficient (Wildman–Crippen LogP) is 2.03. The molecule has 0 aliphatic carbocycles. The summed E-state index contributed by atoms with van der Waals surface area (Å²) in [7, 11) is -3.34. The van der Waals surface area contributed by atoms with Gasteiger partial charge in [-0.1, -0.05) is 18.1 Å². The molecular weight excluding hydrogens is 280 g/mol. The van der Waals surface area contributed by atoms with Crippen molar-refractivity contribution in [2.75, 3.05) is 11.1 Å². The molecule has 106 valence electrons. The SMILES string of the molecule is CCS(=O)(=O)c1cccc(C(=O)Nc2cc(C)no2)c1. The molecule has 2 aromatic rings. The molecule has 1 aromatic heterocycles. The van der Waals surface area contributed by atoms with Crippen molar-refractivity contribution in [2.45, 2.75) is 18.7 Å². The minimum absolute atomic E-state index is 0.0145. The summed E-state index contributed by atoms with van der Waals surface area (Å²) in [5.74, 6) is -0.245. The van der Waals surface area contributed by atoms with Gasteiger partial charge < -0.3 is 4.52 Å². The van der Waals surface area contributed by atoms with Crippen LogP contribution in [0.1, 0.15) is 23.0 Å².